The molecule has 0 bridgehead atoms. The van der Waals surface area contributed by atoms with Gasteiger partial charge in [-0.1, -0.05) is 11.6 Å². The van der Waals surface area contributed by atoms with E-state index in [9.17, 15) is 18.0 Å². The van der Waals surface area contributed by atoms with E-state index in [1.54, 1.807) is 0 Å². The van der Waals surface area contributed by atoms with Crippen molar-refractivity contribution in [1.29, 1.82) is 0 Å². The summed E-state index contributed by atoms with van der Waals surface area (Å²) in [6.45, 7) is 0. The topological polar surface area (TPSA) is 62.2 Å². The van der Waals surface area contributed by atoms with Gasteiger partial charge in [-0.25, -0.2) is 9.78 Å². The highest BCUT2D eigenvalue weighted by Gasteiger charge is 2.46. The number of rotatable bonds is 1. The van der Waals surface area contributed by atoms with Gasteiger partial charge in [0, 0.05) is 11.8 Å². The summed E-state index contributed by atoms with van der Waals surface area (Å²) in [6.07, 6.45) is -2.62. The Balaban J connectivity index is 2.53. The van der Waals surface area contributed by atoms with E-state index in [-0.39, 0.29) is 16.4 Å². The third-order valence-corrected chi connectivity index (χ3v) is 2.57. The molecule has 4 nitrogen and oxygen atoms in total. The minimum atomic E-state index is -4.72. The molecule has 0 amide bonds. The van der Waals surface area contributed by atoms with Crippen LogP contribution in [0.15, 0.2) is 17.8 Å². The Morgan fingerprint density at radius 3 is 2.72 bits per heavy atom. The van der Waals surface area contributed by atoms with Gasteiger partial charge in [0.25, 0.3) is 0 Å². The van der Waals surface area contributed by atoms with E-state index in [0.717, 1.165) is 6.08 Å². The summed E-state index contributed by atoms with van der Waals surface area (Å²) in [6, 6.07) is -0.942. The number of alkyl halides is 3. The van der Waals surface area contributed by atoms with Crippen LogP contribution in [-0.4, -0.2) is 28.3 Å². The van der Waals surface area contributed by atoms with Crippen molar-refractivity contribution in [2.24, 2.45) is 0 Å². The quantitative estimate of drug-likeness (QED) is 0.829. The van der Waals surface area contributed by atoms with Gasteiger partial charge in [-0.3, -0.25) is 0 Å². The first-order chi connectivity index (χ1) is 8.29. The van der Waals surface area contributed by atoms with Crippen LogP contribution in [0.4, 0.5) is 19.0 Å². The number of aliphatic carboxylic acids is 1. The van der Waals surface area contributed by atoms with Crippen molar-refractivity contribution < 1.29 is 23.1 Å². The third-order valence-electron chi connectivity index (χ3n) is 2.36. The van der Waals surface area contributed by atoms with Gasteiger partial charge in [0.05, 0.1) is 10.6 Å². The normalized spacial score (nSPS) is 18.7. The van der Waals surface area contributed by atoms with E-state index < -0.39 is 23.8 Å². The van der Waals surface area contributed by atoms with Crippen molar-refractivity contribution in [3.8, 4) is 0 Å². The van der Waals surface area contributed by atoms with E-state index in [2.05, 4.69) is 10.3 Å². The Morgan fingerprint density at radius 2 is 2.17 bits per heavy atom. The number of nitrogens with one attached hydrogen (secondary N) is 1. The molecule has 2 rings (SSSR count). The molecule has 0 aromatic carbocycles. The van der Waals surface area contributed by atoms with Crippen molar-refractivity contribution in [2.75, 3.05) is 5.32 Å². The molecule has 1 atom stereocenters. The number of aromatic nitrogens is 1. The second-order valence-electron chi connectivity index (χ2n) is 3.62. The Bertz CT molecular complexity index is 542. The number of carboxylic acids is 1. The zero-order valence-corrected chi connectivity index (χ0v) is 9.38. The second-order valence-corrected chi connectivity index (χ2v) is 4.05. The molecule has 2 N–H and O–H groups in total. The molecule has 1 aliphatic heterocycles. The van der Waals surface area contributed by atoms with Crippen LogP contribution in [0.25, 0.3) is 6.08 Å². The summed E-state index contributed by atoms with van der Waals surface area (Å²) in [7, 11) is 0. The molecule has 0 saturated carbocycles. The molecule has 2 heterocycles. The number of hydrogen-bond donors (Lipinski definition) is 2. The summed E-state index contributed by atoms with van der Waals surface area (Å²) >= 11 is 5.64. The van der Waals surface area contributed by atoms with Gasteiger partial charge in [0.15, 0.2) is 6.04 Å². The van der Waals surface area contributed by atoms with Gasteiger partial charge in [-0.05, 0) is 12.1 Å². The van der Waals surface area contributed by atoms with Gasteiger partial charge in [-0.2, -0.15) is 13.2 Å². The van der Waals surface area contributed by atoms with E-state index in [0.29, 0.717) is 0 Å². The number of carbonyl (C=O) groups is 1. The van der Waals surface area contributed by atoms with Gasteiger partial charge < -0.3 is 10.4 Å². The lowest BCUT2D eigenvalue weighted by Gasteiger charge is -2.27. The fraction of sp³-hybridized carbons (Fsp3) is 0.200. The summed E-state index contributed by atoms with van der Waals surface area (Å²) in [4.78, 5) is 14.5. The van der Waals surface area contributed by atoms with Crippen LogP contribution >= 0.6 is 11.6 Å². The second kappa shape index (κ2) is 4.16. The van der Waals surface area contributed by atoms with Crippen molar-refractivity contribution in [1.82, 2.24) is 4.98 Å². The maximum atomic E-state index is 12.7. The Kier molecular flexibility index (Phi) is 2.94. The molecule has 1 aliphatic rings. The molecule has 0 fully saturated rings. The molecule has 1 aromatic rings. The fourth-order valence-corrected chi connectivity index (χ4v) is 1.76. The third kappa shape index (κ3) is 2.26. The Morgan fingerprint density at radius 1 is 1.50 bits per heavy atom. The van der Waals surface area contributed by atoms with E-state index in [1.165, 1.54) is 12.3 Å². The first kappa shape index (κ1) is 12.7. The van der Waals surface area contributed by atoms with Crippen LogP contribution in [0.1, 0.15) is 5.56 Å². The van der Waals surface area contributed by atoms with Gasteiger partial charge >= 0.3 is 12.1 Å². The highest BCUT2D eigenvalue weighted by atomic mass is 35.5. The predicted octanol–water partition coefficient (Wildman–Crippen LogP) is 2.56. The van der Waals surface area contributed by atoms with Crippen molar-refractivity contribution >= 4 is 29.5 Å². The van der Waals surface area contributed by atoms with Gasteiger partial charge in [0.2, 0.25) is 0 Å². The Labute approximate surface area is 104 Å². The molecule has 1 aromatic heterocycles. The number of anilines is 1. The van der Waals surface area contributed by atoms with Crippen LogP contribution in [0.2, 0.25) is 5.02 Å². The molecular weight excluding hydrogens is 273 g/mol. The van der Waals surface area contributed by atoms with Crippen molar-refractivity contribution in [2.45, 2.75) is 12.2 Å². The summed E-state index contributed by atoms with van der Waals surface area (Å²) in [5.74, 6) is -1.69. The van der Waals surface area contributed by atoms with Crippen LogP contribution in [0, 0.1) is 0 Å². The lowest BCUT2D eigenvalue weighted by Crippen LogP contribution is -2.42. The predicted molar refractivity (Wildman–Crippen MR) is 58.3 cm³/mol. The van der Waals surface area contributed by atoms with E-state index in [4.69, 9.17) is 16.7 Å². The highest BCUT2D eigenvalue weighted by molar-refractivity contribution is 6.30. The van der Waals surface area contributed by atoms with E-state index >= 15 is 0 Å². The van der Waals surface area contributed by atoms with Crippen molar-refractivity contribution in [3.05, 3.63) is 28.4 Å². The number of nitrogens with zero attached hydrogens (tertiary/aromatic N) is 1. The SMILES string of the molecule is O=C(O)C1=Cc2cc(Cl)cnc2N[C@@H]1C(F)(F)F. The minimum absolute atomic E-state index is 0.0493. The van der Waals surface area contributed by atoms with Crippen LogP contribution < -0.4 is 5.32 Å². The number of carboxylic acid groups (broad SMARTS) is 1. The smallest absolute Gasteiger partial charge is 0.413 e. The summed E-state index contributed by atoms with van der Waals surface area (Å²) in [5, 5.41) is 11.1. The number of fused-ring (bicyclic) bond motifs is 1. The maximum Gasteiger partial charge on any atom is 0.413 e. The maximum absolute atomic E-state index is 12.7. The number of halogens is 4. The largest absolute Gasteiger partial charge is 0.478 e. The lowest BCUT2D eigenvalue weighted by atomic mass is 9.99. The van der Waals surface area contributed by atoms with Gasteiger partial charge in [0.1, 0.15) is 5.82 Å². The van der Waals surface area contributed by atoms with E-state index in [1.807, 2.05) is 0 Å². The standard InChI is InChI=1S/C10H6ClF3N2O2/c11-5-1-4-2-6(9(17)18)7(10(12,13)14)16-8(4)15-3-5/h1-3,7H,(H,15,16)(H,17,18)/t7-/m0/s1. The highest BCUT2D eigenvalue weighted by Crippen LogP contribution is 2.35. The zero-order valence-electron chi connectivity index (χ0n) is 8.62. The molecule has 0 radical (unpaired) electrons. The average Bonchev–Trinajstić information content (AvgIpc) is 2.25. The van der Waals surface area contributed by atoms with Crippen LogP contribution in [0.5, 0.6) is 0 Å². The van der Waals surface area contributed by atoms with Crippen molar-refractivity contribution in [3.63, 3.8) is 0 Å². The number of hydrogen-bond acceptors (Lipinski definition) is 3. The molecule has 0 aliphatic carbocycles. The molecule has 0 spiro atoms. The monoisotopic (exact) mass is 278 g/mol. The number of pyridine rings is 1. The minimum Gasteiger partial charge on any atom is -0.478 e. The molecule has 8 heteroatoms. The van der Waals surface area contributed by atoms with Gasteiger partial charge in [-0.15, -0.1) is 0 Å². The zero-order chi connectivity index (χ0) is 13.5. The van der Waals surface area contributed by atoms with Crippen LogP contribution in [-0.2, 0) is 4.79 Å². The molecular formula is C10H6ClF3N2O2. The molecule has 0 saturated heterocycles. The Hall–Kier alpha value is -1.76. The molecule has 18 heavy (non-hydrogen) atoms. The van der Waals surface area contributed by atoms with Crippen LogP contribution in [0.3, 0.4) is 0 Å². The summed E-state index contributed by atoms with van der Waals surface area (Å²) in [5.41, 5.74) is -0.584. The molecule has 0 unspecified atom stereocenters. The average molecular weight is 279 g/mol. The first-order valence-corrected chi connectivity index (χ1v) is 5.10. The first-order valence-electron chi connectivity index (χ1n) is 4.72. The lowest BCUT2D eigenvalue weighted by molar-refractivity contribution is -0.146. The fourth-order valence-electron chi connectivity index (χ4n) is 1.59. The summed E-state index contributed by atoms with van der Waals surface area (Å²) < 4.78 is 38.1. The molecule has 96 valence electrons.